The predicted octanol–water partition coefficient (Wildman–Crippen LogP) is 1.72. The smallest absolute Gasteiger partial charge is 0.276 e. The van der Waals surface area contributed by atoms with Crippen LogP contribution in [0.2, 0.25) is 0 Å². The van der Waals surface area contributed by atoms with Crippen LogP contribution in [0.15, 0.2) is 33.8 Å². The topological polar surface area (TPSA) is 87.1 Å². The average Bonchev–Trinajstić information content (AvgIpc) is 3.07. The molecule has 0 fully saturated rings. The SMILES string of the molecule is CCc1c(-c2ccco2)nc2c(C#N)c[nH]n2c1=O. The van der Waals surface area contributed by atoms with Crippen molar-refractivity contribution in [1.29, 1.82) is 5.26 Å². The van der Waals surface area contributed by atoms with Crippen LogP contribution in [-0.2, 0) is 6.42 Å². The molecule has 0 unspecified atom stereocenters. The zero-order chi connectivity index (χ0) is 13.4. The molecule has 0 saturated carbocycles. The van der Waals surface area contributed by atoms with Crippen molar-refractivity contribution in [2.45, 2.75) is 13.3 Å². The second kappa shape index (κ2) is 4.14. The van der Waals surface area contributed by atoms with Gasteiger partial charge in [0.05, 0.1) is 6.26 Å². The number of nitrogens with one attached hydrogen (secondary N) is 1. The molecule has 3 aromatic rings. The van der Waals surface area contributed by atoms with Gasteiger partial charge in [-0.05, 0) is 18.6 Å². The molecule has 0 aromatic carbocycles. The van der Waals surface area contributed by atoms with Crippen molar-refractivity contribution < 1.29 is 4.42 Å². The fourth-order valence-electron chi connectivity index (χ4n) is 2.07. The van der Waals surface area contributed by atoms with Gasteiger partial charge in [-0.25, -0.2) is 9.50 Å². The first kappa shape index (κ1) is 11.3. The Morgan fingerprint density at radius 1 is 1.58 bits per heavy atom. The number of nitriles is 1. The first-order valence-corrected chi connectivity index (χ1v) is 5.83. The van der Waals surface area contributed by atoms with Crippen LogP contribution in [0.5, 0.6) is 0 Å². The lowest BCUT2D eigenvalue weighted by atomic mass is 10.1. The second-order valence-electron chi connectivity index (χ2n) is 4.03. The number of rotatable bonds is 2. The highest BCUT2D eigenvalue weighted by Crippen LogP contribution is 2.21. The third-order valence-electron chi connectivity index (χ3n) is 2.98. The maximum Gasteiger partial charge on any atom is 0.276 e. The van der Waals surface area contributed by atoms with Crippen molar-refractivity contribution >= 4 is 5.65 Å². The first-order valence-electron chi connectivity index (χ1n) is 5.83. The Morgan fingerprint density at radius 3 is 3.05 bits per heavy atom. The number of nitrogens with zero attached hydrogens (tertiary/aromatic N) is 3. The molecule has 0 spiro atoms. The fraction of sp³-hybridized carbons (Fsp3) is 0.154. The standard InChI is InChI=1S/C13H10N4O2/c1-2-9-11(10-4-3-5-19-10)16-12-8(6-14)7-15-17(12)13(9)18/h3-5,7,15H,2H2,1H3. The van der Waals surface area contributed by atoms with Crippen molar-refractivity contribution in [3.8, 4) is 17.5 Å². The van der Waals surface area contributed by atoms with Gasteiger partial charge in [-0.1, -0.05) is 6.92 Å². The van der Waals surface area contributed by atoms with Crippen molar-refractivity contribution in [2.75, 3.05) is 0 Å². The van der Waals surface area contributed by atoms with Gasteiger partial charge in [-0.2, -0.15) is 5.26 Å². The molecule has 0 aliphatic carbocycles. The van der Waals surface area contributed by atoms with E-state index >= 15 is 0 Å². The van der Waals surface area contributed by atoms with E-state index in [4.69, 9.17) is 9.68 Å². The van der Waals surface area contributed by atoms with E-state index in [1.54, 1.807) is 12.1 Å². The molecular formula is C13H10N4O2. The molecule has 3 aromatic heterocycles. The van der Waals surface area contributed by atoms with Gasteiger partial charge in [0, 0.05) is 11.8 Å². The molecule has 0 amide bonds. The van der Waals surface area contributed by atoms with Crippen LogP contribution in [0.3, 0.4) is 0 Å². The highest BCUT2D eigenvalue weighted by atomic mass is 16.3. The molecule has 0 bridgehead atoms. The summed E-state index contributed by atoms with van der Waals surface area (Å²) in [4.78, 5) is 16.7. The lowest BCUT2D eigenvalue weighted by molar-refractivity contribution is 0.578. The molecule has 6 heteroatoms. The molecule has 0 atom stereocenters. The Hall–Kier alpha value is -2.81. The molecular weight excluding hydrogens is 244 g/mol. The molecule has 0 aliphatic rings. The molecule has 3 rings (SSSR count). The van der Waals surface area contributed by atoms with E-state index in [0.717, 1.165) is 0 Å². The summed E-state index contributed by atoms with van der Waals surface area (Å²) in [5.74, 6) is 0.529. The van der Waals surface area contributed by atoms with E-state index in [9.17, 15) is 4.79 Å². The molecule has 3 heterocycles. The van der Waals surface area contributed by atoms with Crippen LogP contribution in [-0.4, -0.2) is 14.6 Å². The largest absolute Gasteiger partial charge is 0.463 e. The van der Waals surface area contributed by atoms with Gasteiger partial charge in [0.2, 0.25) is 0 Å². The Kier molecular flexibility index (Phi) is 2.46. The molecule has 19 heavy (non-hydrogen) atoms. The normalized spacial score (nSPS) is 10.7. The minimum absolute atomic E-state index is 0.208. The number of furan rings is 1. The highest BCUT2D eigenvalue weighted by Gasteiger charge is 2.17. The lowest BCUT2D eigenvalue weighted by Crippen LogP contribution is -2.21. The summed E-state index contributed by atoms with van der Waals surface area (Å²) in [6.07, 6.45) is 3.53. The van der Waals surface area contributed by atoms with Crippen LogP contribution in [0.4, 0.5) is 0 Å². The van der Waals surface area contributed by atoms with Gasteiger partial charge in [-0.15, -0.1) is 0 Å². The van der Waals surface area contributed by atoms with Gasteiger partial charge in [-0.3, -0.25) is 9.89 Å². The number of hydrogen-bond acceptors (Lipinski definition) is 4. The summed E-state index contributed by atoms with van der Waals surface area (Å²) in [5, 5.41) is 11.8. The second-order valence-corrected chi connectivity index (χ2v) is 4.03. The zero-order valence-corrected chi connectivity index (χ0v) is 10.2. The van der Waals surface area contributed by atoms with Crippen molar-refractivity contribution in [1.82, 2.24) is 14.6 Å². The van der Waals surface area contributed by atoms with Gasteiger partial charge in [0.15, 0.2) is 11.4 Å². The van der Waals surface area contributed by atoms with Gasteiger partial charge in [0.25, 0.3) is 5.56 Å². The molecule has 0 saturated heterocycles. The monoisotopic (exact) mass is 254 g/mol. The highest BCUT2D eigenvalue weighted by molar-refractivity contribution is 5.63. The van der Waals surface area contributed by atoms with Crippen molar-refractivity contribution in [2.24, 2.45) is 0 Å². The van der Waals surface area contributed by atoms with Gasteiger partial charge >= 0.3 is 0 Å². The molecule has 0 radical (unpaired) electrons. The van der Waals surface area contributed by atoms with E-state index in [1.165, 1.54) is 17.0 Å². The van der Waals surface area contributed by atoms with Crippen molar-refractivity contribution in [3.63, 3.8) is 0 Å². The van der Waals surface area contributed by atoms with Crippen LogP contribution in [0.25, 0.3) is 17.1 Å². The summed E-state index contributed by atoms with van der Waals surface area (Å²) in [6, 6.07) is 5.49. The minimum atomic E-state index is -0.208. The Bertz CT molecular complexity index is 834. The fourth-order valence-corrected chi connectivity index (χ4v) is 2.07. The Morgan fingerprint density at radius 2 is 2.42 bits per heavy atom. The third kappa shape index (κ3) is 1.56. The molecule has 1 N–H and O–H groups in total. The predicted molar refractivity (Wildman–Crippen MR) is 67.6 cm³/mol. The summed E-state index contributed by atoms with van der Waals surface area (Å²) < 4.78 is 6.59. The van der Waals surface area contributed by atoms with E-state index in [-0.39, 0.29) is 5.56 Å². The maximum absolute atomic E-state index is 12.3. The average molecular weight is 254 g/mol. The third-order valence-corrected chi connectivity index (χ3v) is 2.98. The van der Waals surface area contributed by atoms with E-state index in [0.29, 0.717) is 34.6 Å². The maximum atomic E-state index is 12.3. The first-order chi connectivity index (χ1) is 9.26. The summed E-state index contributed by atoms with van der Waals surface area (Å²) in [7, 11) is 0. The van der Waals surface area contributed by atoms with Crippen LogP contribution in [0, 0.1) is 11.3 Å². The quantitative estimate of drug-likeness (QED) is 0.754. The Labute approximate surface area is 107 Å². The van der Waals surface area contributed by atoms with E-state index in [2.05, 4.69) is 10.1 Å². The number of H-pyrrole nitrogens is 1. The Balaban J connectivity index is 2.44. The van der Waals surface area contributed by atoms with Gasteiger partial charge in [0.1, 0.15) is 17.3 Å². The number of fused-ring (bicyclic) bond motifs is 1. The van der Waals surface area contributed by atoms with E-state index < -0.39 is 0 Å². The lowest BCUT2D eigenvalue weighted by Gasteiger charge is -2.04. The minimum Gasteiger partial charge on any atom is -0.463 e. The van der Waals surface area contributed by atoms with Crippen LogP contribution >= 0.6 is 0 Å². The summed E-state index contributed by atoms with van der Waals surface area (Å²) in [6.45, 7) is 1.88. The summed E-state index contributed by atoms with van der Waals surface area (Å²) >= 11 is 0. The number of aromatic amines is 1. The van der Waals surface area contributed by atoms with Crippen molar-refractivity contribution in [3.05, 3.63) is 46.1 Å². The van der Waals surface area contributed by atoms with Gasteiger partial charge < -0.3 is 4.42 Å². The zero-order valence-electron chi connectivity index (χ0n) is 10.2. The number of hydrogen-bond donors (Lipinski definition) is 1. The van der Waals surface area contributed by atoms with Crippen LogP contribution in [0.1, 0.15) is 18.1 Å². The summed E-state index contributed by atoms with van der Waals surface area (Å²) in [5.41, 5.74) is 1.48. The molecule has 0 aliphatic heterocycles. The molecule has 6 nitrogen and oxygen atoms in total. The molecule has 94 valence electrons. The van der Waals surface area contributed by atoms with E-state index in [1.807, 2.05) is 13.0 Å². The number of aromatic nitrogens is 3. The van der Waals surface area contributed by atoms with Crippen LogP contribution < -0.4 is 5.56 Å².